The average molecular weight is 276 g/mol. The van der Waals surface area contributed by atoms with Crippen LogP contribution in [0.15, 0.2) is 48.7 Å². The number of aryl methyl sites for hydroxylation is 1. The van der Waals surface area contributed by atoms with Crippen molar-refractivity contribution in [2.45, 2.75) is 25.7 Å². The van der Waals surface area contributed by atoms with Crippen molar-refractivity contribution < 1.29 is 4.79 Å². The van der Waals surface area contributed by atoms with E-state index in [-0.39, 0.29) is 11.7 Å². The van der Waals surface area contributed by atoms with Gasteiger partial charge in [-0.3, -0.25) is 9.20 Å². The quantitative estimate of drug-likeness (QED) is 0.681. The fourth-order valence-corrected chi connectivity index (χ4v) is 3.22. The van der Waals surface area contributed by atoms with Gasteiger partial charge in [0.25, 0.3) is 0 Å². The van der Waals surface area contributed by atoms with Crippen molar-refractivity contribution in [3.8, 4) is 0 Å². The van der Waals surface area contributed by atoms with Crippen LogP contribution < -0.4 is 0 Å². The summed E-state index contributed by atoms with van der Waals surface area (Å²) in [5, 5.41) is 0. The Bertz CT molecular complexity index is 833. The van der Waals surface area contributed by atoms with Crippen LogP contribution in [0.1, 0.15) is 39.6 Å². The maximum atomic E-state index is 12.6. The van der Waals surface area contributed by atoms with Crippen LogP contribution in [0.2, 0.25) is 0 Å². The number of nitrogens with zero attached hydrogens (tertiary/aromatic N) is 2. The summed E-state index contributed by atoms with van der Waals surface area (Å²) in [6.07, 6.45) is 3.36. The Morgan fingerprint density at radius 2 is 1.95 bits per heavy atom. The van der Waals surface area contributed by atoms with Crippen LogP contribution in [-0.2, 0) is 6.42 Å². The van der Waals surface area contributed by atoms with E-state index in [0.717, 1.165) is 29.0 Å². The molecule has 0 N–H and O–H groups in total. The lowest BCUT2D eigenvalue weighted by Gasteiger charge is -2.21. The first-order valence-electron chi connectivity index (χ1n) is 7.28. The SMILES string of the molecule is Cc1ccn2c3c(nc2c1)CC(c1ccccc1)CC3=O. The second-order valence-electron chi connectivity index (χ2n) is 5.78. The molecule has 1 aliphatic carbocycles. The van der Waals surface area contributed by atoms with Crippen molar-refractivity contribution in [2.75, 3.05) is 0 Å². The molecule has 4 rings (SSSR count). The van der Waals surface area contributed by atoms with Gasteiger partial charge in [-0.15, -0.1) is 0 Å². The molecular weight excluding hydrogens is 260 g/mol. The normalized spacial score (nSPS) is 18.0. The number of benzene rings is 1. The van der Waals surface area contributed by atoms with E-state index in [4.69, 9.17) is 0 Å². The van der Waals surface area contributed by atoms with Gasteiger partial charge in [0.15, 0.2) is 5.78 Å². The highest BCUT2D eigenvalue weighted by Gasteiger charge is 2.30. The van der Waals surface area contributed by atoms with Crippen LogP contribution >= 0.6 is 0 Å². The van der Waals surface area contributed by atoms with E-state index in [1.807, 2.05) is 47.9 Å². The van der Waals surface area contributed by atoms with E-state index >= 15 is 0 Å². The van der Waals surface area contributed by atoms with Crippen LogP contribution in [0.3, 0.4) is 0 Å². The number of ketones is 1. The van der Waals surface area contributed by atoms with Gasteiger partial charge in [0.05, 0.1) is 5.69 Å². The lowest BCUT2D eigenvalue weighted by atomic mass is 9.84. The van der Waals surface area contributed by atoms with Crippen molar-refractivity contribution in [2.24, 2.45) is 0 Å². The number of carbonyl (C=O) groups excluding carboxylic acids is 1. The molecule has 3 nitrogen and oxygen atoms in total. The summed E-state index contributed by atoms with van der Waals surface area (Å²) in [6.45, 7) is 2.04. The first-order chi connectivity index (χ1) is 10.2. The number of carbonyl (C=O) groups is 1. The zero-order valence-electron chi connectivity index (χ0n) is 11.9. The minimum atomic E-state index is 0.196. The third-order valence-electron chi connectivity index (χ3n) is 4.26. The fraction of sp³-hybridized carbons (Fsp3) is 0.222. The molecule has 1 aliphatic rings. The molecule has 2 aromatic heterocycles. The van der Waals surface area contributed by atoms with Crippen molar-refractivity contribution >= 4 is 11.4 Å². The number of fused-ring (bicyclic) bond motifs is 3. The molecule has 2 heterocycles. The molecule has 0 saturated heterocycles. The van der Waals surface area contributed by atoms with Gasteiger partial charge >= 0.3 is 0 Å². The summed E-state index contributed by atoms with van der Waals surface area (Å²) in [6, 6.07) is 14.3. The highest BCUT2D eigenvalue weighted by atomic mass is 16.1. The molecule has 3 heteroatoms. The summed E-state index contributed by atoms with van der Waals surface area (Å²) in [7, 11) is 0. The molecule has 0 saturated carbocycles. The highest BCUT2D eigenvalue weighted by molar-refractivity contribution is 5.98. The van der Waals surface area contributed by atoms with E-state index in [0.29, 0.717) is 6.42 Å². The van der Waals surface area contributed by atoms with Crippen LogP contribution in [0.4, 0.5) is 0 Å². The van der Waals surface area contributed by atoms with Crippen molar-refractivity contribution in [1.29, 1.82) is 0 Å². The maximum Gasteiger partial charge on any atom is 0.182 e. The van der Waals surface area contributed by atoms with E-state index in [2.05, 4.69) is 17.1 Å². The number of aromatic nitrogens is 2. The molecule has 1 aromatic carbocycles. The van der Waals surface area contributed by atoms with Crippen LogP contribution in [-0.4, -0.2) is 15.2 Å². The summed E-state index contributed by atoms with van der Waals surface area (Å²) in [5.41, 5.74) is 4.98. The van der Waals surface area contributed by atoms with Gasteiger partial charge in [0, 0.05) is 12.6 Å². The van der Waals surface area contributed by atoms with Crippen molar-refractivity contribution in [1.82, 2.24) is 9.38 Å². The monoisotopic (exact) mass is 276 g/mol. The number of hydrogen-bond donors (Lipinski definition) is 0. The Morgan fingerprint density at radius 3 is 2.76 bits per heavy atom. The predicted molar refractivity (Wildman–Crippen MR) is 81.8 cm³/mol. The van der Waals surface area contributed by atoms with Crippen molar-refractivity contribution in [3.05, 3.63) is 71.2 Å². The van der Waals surface area contributed by atoms with Crippen LogP contribution in [0, 0.1) is 6.92 Å². The number of Topliss-reactive ketones (excluding diaryl/α,β-unsaturated/α-hetero) is 1. The Kier molecular flexibility index (Phi) is 2.67. The van der Waals surface area contributed by atoms with Gasteiger partial charge in [-0.2, -0.15) is 0 Å². The number of pyridine rings is 1. The van der Waals surface area contributed by atoms with Gasteiger partial charge in [-0.1, -0.05) is 30.3 Å². The Labute approximate surface area is 123 Å². The summed E-state index contributed by atoms with van der Waals surface area (Å²) in [4.78, 5) is 17.3. The molecule has 3 aromatic rings. The van der Waals surface area contributed by atoms with Crippen molar-refractivity contribution in [3.63, 3.8) is 0 Å². The standard InChI is InChI=1S/C18H16N2O/c1-12-7-8-20-17(9-12)19-15-10-14(11-16(21)18(15)20)13-5-3-2-4-6-13/h2-9,14H,10-11H2,1H3. The first kappa shape index (κ1) is 12.3. The molecule has 0 bridgehead atoms. The van der Waals surface area contributed by atoms with Gasteiger partial charge in [0.2, 0.25) is 0 Å². The zero-order chi connectivity index (χ0) is 14.4. The van der Waals surface area contributed by atoms with Crippen LogP contribution in [0.5, 0.6) is 0 Å². The molecule has 104 valence electrons. The first-order valence-corrected chi connectivity index (χ1v) is 7.28. The second kappa shape index (κ2) is 4.55. The second-order valence-corrected chi connectivity index (χ2v) is 5.78. The summed E-state index contributed by atoms with van der Waals surface area (Å²) < 4.78 is 1.94. The van der Waals surface area contributed by atoms with Gasteiger partial charge < -0.3 is 0 Å². The molecule has 1 atom stereocenters. The maximum absolute atomic E-state index is 12.6. The van der Waals surface area contributed by atoms with Gasteiger partial charge in [0.1, 0.15) is 11.3 Å². The molecule has 0 fully saturated rings. The lowest BCUT2D eigenvalue weighted by Crippen LogP contribution is -2.19. The summed E-state index contributed by atoms with van der Waals surface area (Å²) >= 11 is 0. The molecule has 0 amide bonds. The zero-order valence-corrected chi connectivity index (χ0v) is 11.9. The van der Waals surface area contributed by atoms with E-state index < -0.39 is 0 Å². The van der Waals surface area contributed by atoms with Gasteiger partial charge in [-0.05, 0) is 42.5 Å². The molecule has 0 radical (unpaired) electrons. The lowest BCUT2D eigenvalue weighted by molar-refractivity contribution is 0.0958. The molecule has 21 heavy (non-hydrogen) atoms. The van der Waals surface area contributed by atoms with E-state index in [1.54, 1.807) is 0 Å². The van der Waals surface area contributed by atoms with Crippen LogP contribution in [0.25, 0.3) is 5.65 Å². The number of hydrogen-bond acceptors (Lipinski definition) is 2. The Morgan fingerprint density at radius 1 is 1.14 bits per heavy atom. The molecule has 0 spiro atoms. The summed E-state index contributed by atoms with van der Waals surface area (Å²) in [5.74, 6) is 0.443. The van der Waals surface area contributed by atoms with E-state index in [9.17, 15) is 4.79 Å². The average Bonchev–Trinajstić information content (AvgIpc) is 2.85. The highest BCUT2D eigenvalue weighted by Crippen LogP contribution is 2.32. The third kappa shape index (κ3) is 1.97. The Hall–Kier alpha value is -2.42. The molecular formula is C18H16N2O. The van der Waals surface area contributed by atoms with Gasteiger partial charge in [-0.25, -0.2) is 4.98 Å². The minimum Gasteiger partial charge on any atom is -0.297 e. The third-order valence-corrected chi connectivity index (χ3v) is 4.26. The topological polar surface area (TPSA) is 34.4 Å². The van der Waals surface area contributed by atoms with E-state index in [1.165, 1.54) is 5.56 Å². The fourth-order valence-electron chi connectivity index (χ4n) is 3.22. The predicted octanol–water partition coefficient (Wildman–Crippen LogP) is 3.56. The smallest absolute Gasteiger partial charge is 0.182 e. The number of rotatable bonds is 1. The molecule has 1 unspecified atom stereocenters. The largest absolute Gasteiger partial charge is 0.297 e. The number of imidazole rings is 1. The Balaban J connectivity index is 1.82. The minimum absolute atomic E-state index is 0.196. The molecule has 0 aliphatic heterocycles.